The van der Waals surface area contributed by atoms with E-state index in [1.54, 1.807) is 13.2 Å². The number of benzene rings is 1. The summed E-state index contributed by atoms with van der Waals surface area (Å²) in [6.07, 6.45) is 0. The predicted octanol–water partition coefficient (Wildman–Crippen LogP) is 1.09. The fourth-order valence-corrected chi connectivity index (χ4v) is 1.30. The fraction of sp³-hybridized carbons (Fsp3) is 0.455. The summed E-state index contributed by atoms with van der Waals surface area (Å²) in [6, 6.07) is 5.56. The van der Waals surface area contributed by atoms with Crippen molar-refractivity contribution in [2.24, 2.45) is 0 Å². The van der Waals surface area contributed by atoms with Crippen molar-refractivity contribution in [3.8, 4) is 5.75 Å². The van der Waals surface area contributed by atoms with E-state index in [1.165, 1.54) is 0 Å². The first-order chi connectivity index (χ1) is 7.08. The molecule has 1 aromatic rings. The highest BCUT2D eigenvalue weighted by Gasteiger charge is 2.10. The van der Waals surface area contributed by atoms with Crippen molar-refractivity contribution in [1.29, 1.82) is 0 Å². The Balaban J connectivity index is 2.97. The van der Waals surface area contributed by atoms with Crippen molar-refractivity contribution in [2.75, 3.05) is 31.4 Å². The van der Waals surface area contributed by atoms with Crippen molar-refractivity contribution >= 4 is 11.4 Å². The summed E-state index contributed by atoms with van der Waals surface area (Å²) in [7, 11) is 3.52. The number of methoxy groups -OCH3 is 1. The first kappa shape index (κ1) is 11.7. The monoisotopic (exact) mass is 210 g/mol. The van der Waals surface area contributed by atoms with Gasteiger partial charge in [-0.3, -0.25) is 0 Å². The number of hydrogen-bond acceptors (Lipinski definition) is 4. The standard InChI is InChI=1S/C11H18N2O2/c1-8(7-14)13(2)10-4-9(12)5-11(6-10)15-3/h4-6,8,14H,7,12H2,1-3H3. The Bertz CT molecular complexity index is 328. The van der Waals surface area contributed by atoms with Gasteiger partial charge in [0.25, 0.3) is 0 Å². The quantitative estimate of drug-likeness (QED) is 0.730. The molecule has 0 heterocycles. The molecule has 1 unspecified atom stereocenters. The highest BCUT2D eigenvalue weighted by molar-refractivity contribution is 5.60. The number of nitrogens with zero attached hydrogens (tertiary/aromatic N) is 1. The molecule has 0 radical (unpaired) electrons. The Morgan fingerprint density at radius 3 is 2.67 bits per heavy atom. The number of rotatable bonds is 4. The second-order valence-electron chi connectivity index (χ2n) is 3.61. The largest absolute Gasteiger partial charge is 0.497 e. The summed E-state index contributed by atoms with van der Waals surface area (Å²) in [5.74, 6) is 0.724. The summed E-state index contributed by atoms with van der Waals surface area (Å²) in [5, 5.41) is 9.06. The molecule has 4 nitrogen and oxygen atoms in total. The molecule has 0 aromatic heterocycles. The van der Waals surface area contributed by atoms with Gasteiger partial charge in [-0.05, 0) is 13.0 Å². The minimum absolute atomic E-state index is 0.0523. The van der Waals surface area contributed by atoms with Crippen LogP contribution in [0.2, 0.25) is 0 Å². The third-order valence-corrected chi connectivity index (χ3v) is 2.48. The van der Waals surface area contributed by atoms with Gasteiger partial charge >= 0.3 is 0 Å². The number of nitrogen functional groups attached to an aromatic ring is 1. The number of ether oxygens (including phenoxy) is 1. The van der Waals surface area contributed by atoms with E-state index in [1.807, 2.05) is 31.0 Å². The molecule has 4 heteroatoms. The third kappa shape index (κ3) is 2.76. The number of aliphatic hydroxyl groups is 1. The molecule has 0 aliphatic heterocycles. The van der Waals surface area contributed by atoms with Crippen LogP contribution in [-0.4, -0.2) is 31.9 Å². The van der Waals surface area contributed by atoms with Crippen LogP contribution in [0.15, 0.2) is 18.2 Å². The number of anilines is 2. The summed E-state index contributed by atoms with van der Waals surface area (Å²) in [4.78, 5) is 1.96. The Morgan fingerprint density at radius 2 is 2.13 bits per heavy atom. The molecular formula is C11H18N2O2. The molecule has 0 saturated carbocycles. The van der Waals surface area contributed by atoms with E-state index in [0.29, 0.717) is 5.69 Å². The molecule has 15 heavy (non-hydrogen) atoms. The van der Waals surface area contributed by atoms with Gasteiger partial charge in [0.2, 0.25) is 0 Å². The Morgan fingerprint density at radius 1 is 1.47 bits per heavy atom. The summed E-state index contributed by atoms with van der Waals surface area (Å²) in [5.41, 5.74) is 7.34. The van der Waals surface area contributed by atoms with Crippen molar-refractivity contribution in [1.82, 2.24) is 0 Å². The Labute approximate surface area is 90.3 Å². The van der Waals surface area contributed by atoms with Gasteiger partial charge in [-0.2, -0.15) is 0 Å². The second-order valence-corrected chi connectivity index (χ2v) is 3.61. The van der Waals surface area contributed by atoms with Crippen molar-refractivity contribution in [3.05, 3.63) is 18.2 Å². The maximum absolute atomic E-state index is 9.06. The van der Waals surface area contributed by atoms with Crippen LogP contribution >= 0.6 is 0 Å². The Kier molecular flexibility index (Phi) is 3.80. The van der Waals surface area contributed by atoms with Crippen LogP contribution in [0.3, 0.4) is 0 Å². The molecule has 0 spiro atoms. The van der Waals surface area contributed by atoms with E-state index < -0.39 is 0 Å². The smallest absolute Gasteiger partial charge is 0.122 e. The van der Waals surface area contributed by atoms with Crippen LogP contribution in [0, 0.1) is 0 Å². The second kappa shape index (κ2) is 4.89. The van der Waals surface area contributed by atoms with Crippen LogP contribution in [-0.2, 0) is 0 Å². The average molecular weight is 210 g/mol. The first-order valence-corrected chi connectivity index (χ1v) is 4.86. The van der Waals surface area contributed by atoms with Gasteiger partial charge in [0.15, 0.2) is 0 Å². The molecule has 3 N–H and O–H groups in total. The number of nitrogens with two attached hydrogens (primary N) is 1. The molecular weight excluding hydrogens is 192 g/mol. The lowest BCUT2D eigenvalue weighted by Crippen LogP contribution is -2.31. The topological polar surface area (TPSA) is 58.7 Å². The maximum atomic E-state index is 9.06. The lowest BCUT2D eigenvalue weighted by Gasteiger charge is -2.26. The van der Waals surface area contributed by atoms with E-state index in [4.69, 9.17) is 15.6 Å². The molecule has 1 rings (SSSR count). The molecule has 0 aliphatic rings. The molecule has 1 atom stereocenters. The van der Waals surface area contributed by atoms with Gasteiger partial charge in [-0.15, -0.1) is 0 Å². The van der Waals surface area contributed by atoms with Crippen molar-refractivity contribution < 1.29 is 9.84 Å². The molecule has 0 amide bonds. The third-order valence-electron chi connectivity index (χ3n) is 2.48. The predicted molar refractivity (Wildman–Crippen MR) is 62.4 cm³/mol. The molecule has 0 saturated heterocycles. The van der Waals surface area contributed by atoms with Crippen molar-refractivity contribution in [3.63, 3.8) is 0 Å². The van der Waals surface area contributed by atoms with Crippen LogP contribution in [0.4, 0.5) is 11.4 Å². The number of hydrogen-bond donors (Lipinski definition) is 2. The van der Waals surface area contributed by atoms with Crippen molar-refractivity contribution in [2.45, 2.75) is 13.0 Å². The number of aliphatic hydroxyl groups excluding tert-OH is 1. The normalized spacial score (nSPS) is 12.3. The van der Waals surface area contributed by atoms with Crippen LogP contribution in [0.25, 0.3) is 0 Å². The molecule has 0 fully saturated rings. The van der Waals surface area contributed by atoms with E-state index in [9.17, 15) is 0 Å². The van der Waals surface area contributed by atoms with Crippen LogP contribution in [0.5, 0.6) is 5.75 Å². The van der Waals surface area contributed by atoms with E-state index in [-0.39, 0.29) is 12.6 Å². The van der Waals surface area contributed by atoms with Gasteiger partial charge in [0.1, 0.15) is 5.75 Å². The number of likely N-dealkylation sites (N-methyl/N-ethyl adjacent to an activating group) is 1. The molecule has 1 aromatic carbocycles. The maximum Gasteiger partial charge on any atom is 0.122 e. The lowest BCUT2D eigenvalue weighted by molar-refractivity contribution is 0.270. The zero-order valence-electron chi connectivity index (χ0n) is 9.40. The molecule has 84 valence electrons. The average Bonchev–Trinajstić information content (AvgIpc) is 2.26. The zero-order valence-corrected chi connectivity index (χ0v) is 9.40. The summed E-state index contributed by atoms with van der Waals surface area (Å²) < 4.78 is 5.13. The minimum atomic E-state index is 0.0523. The fourth-order valence-electron chi connectivity index (χ4n) is 1.30. The van der Waals surface area contributed by atoms with Gasteiger partial charge in [0.05, 0.1) is 13.7 Å². The Hall–Kier alpha value is -1.42. The molecule has 0 aliphatic carbocycles. The van der Waals surface area contributed by atoms with Crippen LogP contribution < -0.4 is 15.4 Å². The SMILES string of the molecule is COc1cc(N)cc(N(C)C(C)CO)c1. The van der Waals surface area contributed by atoms with Gasteiger partial charge in [-0.25, -0.2) is 0 Å². The summed E-state index contributed by atoms with van der Waals surface area (Å²) >= 11 is 0. The van der Waals surface area contributed by atoms with E-state index in [2.05, 4.69) is 0 Å². The summed E-state index contributed by atoms with van der Waals surface area (Å²) in [6.45, 7) is 2.04. The van der Waals surface area contributed by atoms with E-state index in [0.717, 1.165) is 11.4 Å². The molecule has 0 bridgehead atoms. The van der Waals surface area contributed by atoms with E-state index >= 15 is 0 Å². The highest BCUT2D eigenvalue weighted by Crippen LogP contribution is 2.25. The lowest BCUT2D eigenvalue weighted by atomic mass is 10.2. The first-order valence-electron chi connectivity index (χ1n) is 4.86. The highest BCUT2D eigenvalue weighted by atomic mass is 16.5. The zero-order chi connectivity index (χ0) is 11.4. The van der Waals surface area contributed by atoms with Crippen LogP contribution in [0.1, 0.15) is 6.92 Å². The minimum Gasteiger partial charge on any atom is -0.497 e. The van der Waals surface area contributed by atoms with Gasteiger partial charge in [-0.1, -0.05) is 0 Å². The van der Waals surface area contributed by atoms with Gasteiger partial charge in [0, 0.05) is 36.6 Å². The van der Waals surface area contributed by atoms with Gasteiger partial charge < -0.3 is 20.5 Å².